The molecule has 0 unspecified atom stereocenters. The van der Waals surface area contributed by atoms with Crippen LogP contribution in [0.15, 0.2) is 54.6 Å². The van der Waals surface area contributed by atoms with Crippen LogP contribution in [0, 0.1) is 0 Å². The van der Waals surface area contributed by atoms with Crippen LogP contribution in [-0.2, 0) is 14.3 Å². The van der Waals surface area contributed by atoms with Gasteiger partial charge in [0, 0.05) is 19.0 Å². The van der Waals surface area contributed by atoms with Crippen molar-refractivity contribution >= 4 is 33.4 Å². The summed E-state index contributed by atoms with van der Waals surface area (Å²) in [5.41, 5.74) is 1.94. The number of ether oxygens (including phenoxy) is 1. The summed E-state index contributed by atoms with van der Waals surface area (Å²) in [6.07, 6.45) is 2.59. The van der Waals surface area contributed by atoms with Gasteiger partial charge in [-0.05, 0) is 37.0 Å². The number of rotatable bonds is 6. The molecule has 0 aliphatic carbocycles. The number of carbonyl (C=O) groups excluding carboxylic acids is 2. The molecule has 30 heavy (non-hydrogen) atoms. The molecule has 0 N–H and O–H groups in total. The molecular weight excluding hydrogens is 396 g/mol. The van der Waals surface area contributed by atoms with E-state index in [1.165, 1.54) is 4.70 Å². The molecule has 1 aliphatic heterocycles. The summed E-state index contributed by atoms with van der Waals surface area (Å²) in [7, 11) is 0. The Kier molecular flexibility index (Phi) is 6.43. The van der Waals surface area contributed by atoms with Crippen molar-refractivity contribution in [1.29, 1.82) is 0 Å². The number of carbonyl (C=O) groups is 2. The number of likely N-dealkylation sites (tertiary alicyclic amines) is 1. The maximum atomic E-state index is 12.7. The van der Waals surface area contributed by atoms with Gasteiger partial charge >= 0.3 is 5.97 Å². The zero-order valence-corrected chi connectivity index (χ0v) is 17.9. The number of aromatic nitrogens is 1. The fourth-order valence-electron chi connectivity index (χ4n) is 4.02. The summed E-state index contributed by atoms with van der Waals surface area (Å²) in [4.78, 5) is 31.9. The van der Waals surface area contributed by atoms with Gasteiger partial charge < -0.3 is 9.64 Å². The standard InChI is InChI=1S/C24H26N2O3S/c1-2-19(17-9-4-3-5-10-17)24(28)29-16-22(27)26-14-8-11-18(15-26)23-25-20-12-6-7-13-21(20)30-23/h3-7,9-10,12-13,18-19H,2,8,11,14-16H2,1H3/t18-,19+/m0/s1. The van der Waals surface area contributed by atoms with Gasteiger partial charge in [0.05, 0.1) is 21.1 Å². The normalized spacial score (nSPS) is 17.6. The highest BCUT2D eigenvalue weighted by Crippen LogP contribution is 2.33. The number of thiazole rings is 1. The molecular formula is C24H26N2O3S. The third kappa shape index (κ3) is 4.54. The number of esters is 1. The second-order valence-corrected chi connectivity index (χ2v) is 8.74. The molecule has 1 aromatic heterocycles. The third-order valence-electron chi connectivity index (χ3n) is 5.67. The van der Waals surface area contributed by atoms with E-state index < -0.39 is 0 Å². The summed E-state index contributed by atoms with van der Waals surface area (Å²) >= 11 is 1.71. The van der Waals surface area contributed by atoms with E-state index in [0.29, 0.717) is 19.5 Å². The summed E-state index contributed by atoms with van der Waals surface area (Å²) in [6, 6.07) is 17.7. The fraction of sp³-hybridized carbons (Fsp3) is 0.375. The van der Waals surface area contributed by atoms with Crippen molar-refractivity contribution in [3.05, 3.63) is 65.2 Å². The van der Waals surface area contributed by atoms with Crippen molar-refractivity contribution in [1.82, 2.24) is 9.88 Å². The van der Waals surface area contributed by atoms with Crippen molar-refractivity contribution in [3.8, 4) is 0 Å². The molecule has 1 fully saturated rings. The van der Waals surface area contributed by atoms with Crippen LogP contribution in [0.5, 0.6) is 0 Å². The summed E-state index contributed by atoms with van der Waals surface area (Å²) < 4.78 is 6.59. The number of nitrogens with zero attached hydrogens (tertiary/aromatic N) is 2. The van der Waals surface area contributed by atoms with Gasteiger partial charge in [0.2, 0.25) is 0 Å². The Morgan fingerprint density at radius 1 is 1.17 bits per heavy atom. The number of amides is 1. The number of benzene rings is 2. The summed E-state index contributed by atoms with van der Waals surface area (Å²) in [6.45, 7) is 3.09. The molecule has 5 nitrogen and oxygen atoms in total. The minimum Gasteiger partial charge on any atom is -0.455 e. The molecule has 4 rings (SSSR count). The number of hydrogen-bond acceptors (Lipinski definition) is 5. The molecule has 6 heteroatoms. The van der Waals surface area contributed by atoms with E-state index in [1.54, 1.807) is 11.3 Å². The first kappa shape index (κ1) is 20.5. The van der Waals surface area contributed by atoms with Gasteiger partial charge in [-0.3, -0.25) is 9.59 Å². The van der Waals surface area contributed by atoms with E-state index in [4.69, 9.17) is 9.72 Å². The van der Waals surface area contributed by atoms with Crippen LogP contribution < -0.4 is 0 Å². The highest BCUT2D eigenvalue weighted by atomic mass is 32.1. The first-order chi connectivity index (χ1) is 14.7. The van der Waals surface area contributed by atoms with E-state index >= 15 is 0 Å². The van der Waals surface area contributed by atoms with E-state index in [0.717, 1.165) is 28.9 Å². The van der Waals surface area contributed by atoms with E-state index in [9.17, 15) is 9.59 Å². The summed E-state index contributed by atoms with van der Waals surface area (Å²) in [5, 5.41) is 1.08. The molecule has 2 atom stereocenters. The van der Waals surface area contributed by atoms with Gasteiger partial charge in [-0.25, -0.2) is 4.98 Å². The molecule has 2 heterocycles. The average Bonchev–Trinajstić information content (AvgIpc) is 3.23. The lowest BCUT2D eigenvalue weighted by molar-refractivity contribution is -0.153. The van der Waals surface area contributed by atoms with Gasteiger partial charge in [0.1, 0.15) is 0 Å². The Balaban J connectivity index is 1.35. The number of hydrogen-bond donors (Lipinski definition) is 0. The molecule has 0 spiro atoms. The smallest absolute Gasteiger partial charge is 0.313 e. The molecule has 0 radical (unpaired) electrons. The van der Waals surface area contributed by atoms with Crippen LogP contribution in [0.4, 0.5) is 0 Å². The minimum absolute atomic E-state index is 0.128. The Hall–Kier alpha value is -2.73. The van der Waals surface area contributed by atoms with Gasteiger partial charge in [0.25, 0.3) is 5.91 Å². The zero-order chi connectivity index (χ0) is 20.9. The molecule has 0 saturated carbocycles. The van der Waals surface area contributed by atoms with E-state index in [1.807, 2.05) is 60.4 Å². The monoisotopic (exact) mass is 422 g/mol. The van der Waals surface area contributed by atoms with Gasteiger partial charge in [-0.1, -0.05) is 49.4 Å². The van der Waals surface area contributed by atoms with Crippen LogP contribution in [0.25, 0.3) is 10.2 Å². The largest absolute Gasteiger partial charge is 0.455 e. The average molecular weight is 423 g/mol. The first-order valence-electron chi connectivity index (χ1n) is 10.5. The van der Waals surface area contributed by atoms with Gasteiger partial charge in [-0.2, -0.15) is 0 Å². The second kappa shape index (κ2) is 9.39. The maximum Gasteiger partial charge on any atom is 0.313 e. The first-order valence-corrected chi connectivity index (χ1v) is 11.3. The topological polar surface area (TPSA) is 59.5 Å². The minimum atomic E-state index is -0.337. The Morgan fingerprint density at radius 3 is 2.70 bits per heavy atom. The van der Waals surface area contributed by atoms with Crippen LogP contribution in [-0.4, -0.2) is 41.5 Å². The van der Waals surface area contributed by atoms with E-state index in [2.05, 4.69) is 6.07 Å². The predicted octanol–water partition coefficient (Wildman–Crippen LogP) is 4.74. The van der Waals surface area contributed by atoms with E-state index in [-0.39, 0.29) is 30.3 Å². The Morgan fingerprint density at radius 2 is 1.93 bits per heavy atom. The van der Waals surface area contributed by atoms with Crippen molar-refractivity contribution in [2.24, 2.45) is 0 Å². The molecule has 156 valence electrons. The van der Waals surface area contributed by atoms with Crippen LogP contribution in [0.3, 0.4) is 0 Å². The molecule has 1 saturated heterocycles. The predicted molar refractivity (Wildman–Crippen MR) is 119 cm³/mol. The fourth-order valence-corrected chi connectivity index (χ4v) is 5.11. The van der Waals surface area contributed by atoms with Crippen molar-refractivity contribution < 1.29 is 14.3 Å². The van der Waals surface area contributed by atoms with Crippen molar-refractivity contribution in [2.75, 3.05) is 19.7 Å². The Bertz CT molecular complexity index is 984. The highest BCUT2D eigenvalue weighted by Gasteiger charge is 2.28. The summed E-state index contributed by atoms with van der Waals surface area (Å²) in [5.74, 6) is -0.562. The van der Waals surface area contributed by atoms with Crippen molar-refractivity contribution in [2.45, 2.75) is 38.0 Å². The molecule has 0 bridgehead atoms. The van der Waals surface area contributed by atoms with Crippen molar-refractivity contribution in [3.63, 3.8) is 0 Å². The van der Waals surface area contributed by atoms with Gasteiger partial charge in [-0.15, -0.1) is 11.3 Å². The number of fused-ring (bicyclic) bond motifs is 1. The lowest BCUT2D eigenvalue weighted by Gasteiger charge is -2.31. The zero-order valence-electron chi connectivity index (χ0n) is 17.1. The molecule has 3 aromatic rings. The second-order valence-electron chi connectivity index (χ2n) is 7.68. The SMILES string of the molecule is CC[C@@H](C(=O)OCC(=O)N1CCC[C@H](c2nc3ccccc3s2)C1)c1ccccc1. The quantitative estimate of drug-likeness (QED) is 0.539. The number of para-hydroxylation sites is 1. The number of piperidine rings is 1. The lowest BCUT2D eigenvalue weighted by Crippen LogP contribution is -2.41. The maximum absolute atomic E-state index is 12.7. The molecule has 1 amide bonds. The lowest BCUT2D eigenvalue weighted by atomic mass is 9.97. The van der Waals surface area contributed by atoms with Crippen LogP contribution in [0.1, 0.15) is 48.6 Å². The molecule has 1 aliphatic rings. The Labute approximate surface area is 180 Å². The molecule has 2 aromatic carbocycles. The van der Waals surface area contributed by atoms with Crippen LogP contribution >= 0.6 is 11.3 Å². The van der Waals surface area contributed by atoms with Crippen LogP contribution in [0.2, 0.25) is 0 Å². The third-order valence-corrected chi connectivity index (χ3v) is 6.87. The highest BCUT2D eigenvalue weighted by molar-refractivity contribution is 7.18. The van der Waals surface area contributed by atoms with Gasteiger partial charge in [0.15, 0.2) is 6.61 Å².